The molecule has 0 saturated carbocycles. The standard InChI is InChI=1S/C24H22N4O4S/c1-28(19-8-9-20-17(15-19)5-3-7-21(20)23(29)30)22-10-12-25-24(27-22)26-18-6-2-4-16(14-18)11-13-33(31)32/h2-10,12,14-15,33H,11,13H2,1H3,(H,29,30)(H,25,26,27). The molecule has 0 aliphatic rings. The Kier molecular flexibility index (Phi) is 6.50. The summed E-state index contributed by atoms with van der Waals surface area (Å²) in [5.74, 6) is 0.204. The Hall–Kier alpha value is -3.98. The molecule has 4 rings (SSSR count). The molecule has 1 aromatic heterocycles. The summed E-state index contributed by atoms with van der Waals surface area (Å²) >= 11 is 0. The summed E-state index contributed by atoms with van der Waals surface area (Å²) in [6.07, 6.45) is 2.10. The molecule has 4 aromatic rings. The van der Waals surface area contributed by atoms with E-state index >= 15 is 0 Å². The van der Waals surface area contributed by atoms with Gasteiger partial charge in [0.05, 0.1) is 11.3 Å². The van der Waals surface area contributed by atoms with Crippen molar-refractivity contribution in [1.29, 1.82) is 0 Å². The molecule has 0 radical (unpaired) electrons. The number of carboxylic acids is 1. The predicted octanol–water partition coefficient (Wildman–Crippen LogP) is 3.99. The number of carboxylic acid groups (broad SMARTS) is 1. The molecule has 0 amide bonds. The Labute approximate surface area is 192 Å². The third-order valence-corrected chi connectivity index (χ3v) is 5.82. The fourth-order valence-corrected chi connectivity index (χ4v) is 3.99. The molecule has 0 fully saturated rings. The number of thiol groups is 1. The van der Waals surface area contributed by atoms with E-state index in [9.17, 15) is 18.3 Å². The van der Waals surface area contributed by atoms with Crippen LogP contribution in [0.1, 0.15) is 15.9 Å². The molecule has 8 nitrogen and oxygen atoms in total. The summed E-state index contributed by atoms with van der Waals surface area (Å²) in [6, 6.07) is 20.0. The molecular formula is C24H22N4O4S. The van der Waals surface area contributed by atoms with Crippen LogP contribution < -0.4 is 10.2 Å². The van der Waals surface area contributed by atoms with Crippen molar-refractivity contribution in [3.8, 4) is 0 Å². The predicted molar refractivity (Wildman–Crippen MR) is 130 cm³/mol. The number of hydrogen-bond donors (Lipinski definition) is 3. The minimum atomic E-state index is -2.41. The number of benzene rings is 3. The van der Waals surface area contributed by atoms with Crippen LogP contribution in [-0.2, 0) is 17.1 Å². The fourth-order valence-electron chi connectivity index (χ4n) is 3.55. The van der Waals surface area contributed by atoms with Gasteiger partial charge >= 0.3 is 5.97 Å². The van der Waals surface area contributed by atoms with Crippen LogP contribution >= 0.6 is 0 Å². The number of anilines is 4. The van der Waals surface area contributed by atoms with Gasteiger partial charge in [-0.05, 0) is 59.2 Å². The molecule has 2 N–H and O–H groups in total. The van der Waals surface area contributed by atoms with Gasteiger partial charge in [0.1, 0.15) is 16.5 Å². The smallest absolute Gasteiger partial charge is 0.336 e. The van der Waals surface area contributed by atoms with Gasteiger partial charge in [0.15, 0.2) is 0 Å². The van der Waals surface area contributed by atoms with Crippen LogP contribution in [-0.4, -0.2) is 42.3 Å². The topological polar surface area (TPSA) is 112 Å². The van der Waals surface area contributed by atoms with Crippen molar-refractivity contribution in [3.05, 3.63) is 84.1 Å². The first-order chi connectivity index (χ1) is 15.9. The lowest BCUT2D eigenvalue weighted by molar-refractivity contribution is 0.0699. The number of rotatable bonds is 8. The molecule has 0 aliphatic heterocycles. The van der Waals surface area contributed by atoms with Crippen LogP contribution in [0.25, 0.3) is 10.8 Å². The van der Waals surface area contributed by atoms with Gasteiger partial charge in [-0.3, -0.25) is 0 Å². The van der Waals surface area contributed by atoms with Crippen molar-refractivity contribution in [2.45, 2.75) is 6.42 Å². The van der Waals surface area contributed by atoms with E-state index in [0.29, 0.717) is 23.6 Å². The van der Waals surface area contributed by atoms with Gasteiger partial charge in [0, 0.05) is 24.6 Å². The molecule has 0 aliphatic carbocycles. The zero-order valence-corrected chi connectivity index (χ0v) is 18.7. The molecule has 1 heterocycles. The number of nitrogens with zero attached hydrogens (tertiary/aromatic N) is 3. The van der Waals surface area contributed by atoms with Crippen molar-refractivity contribution >= 4 is 50.6 Å². The molecule has 9 heteroatoms. The second-order valence-corrected chi connectivity index (χ2v) is 8.56. The number of aromatic nitrogens is 2. The Morgan fingerprint density at radius 1 is 1.06 bits per heavy atom. The number of aryl methyl sites for hydroxylation is 1. The summed E-state index contributed by atoms with van der Waals surface area (Å²) in [5, 5.41) is 14.1. The molecule has 0 saturated heterocycles. The Morgan fingerprint density at radius 2 is 1.88 bits per heavy atom. The lowest BCUT2D eigenvalue weighted by Crippen LogP contribution is -2.12. The Bertz CT molecular complexity index is 1400. The van der Waals surface area contributed by atoms with Crippen LogP contribution in [0, 0.1) is 0 Å². The fraction of sp³-hybridized carbons (Fsp3) is 0.125. The van der Waals surface area contributed by atoms with E-state index in [1.807, 2.05) is 54.4 Å². The highest BCUT2D eigenvalue weighted by molar-refractivity contribution is 7.72. The van der Waals surface area contributed by atoms with Crippen molar-refractivity contribution in [1.82, 2.24) is 9.97 Å². The lowest BCUT2D eigenvalue weighted by Gasteiger charge is -2.19. The number of hydrogen-bond acceptors (Lipinski definition) is 7. The summed E-state index contributed by atoms with van der Waals surface area (Å²) in [6.45, 7) is 0. The summed E-state index contributed by atoms with van der Waals surface area (Å²) in [5.41, 5.74) is 2.78. The maximum atomic E-state index is 11.5. The van der Waals surface area contributed by atoms with Gasteiger partial charge in [-0.15, -0.1) is 0 Å². The van der Waals surface area contributed by atoms with Crippen LogP contribution in [0.2, 0.25) is 0 Å². The summed E-state index contributed by atoms with van der Waals surface area (Å²) in [4.78, 5) is 22.2. The molecule has 33 heavy (non-hydrogen) atoms. The van der Waals surface area contributed by atoms with Crippen LogP contribution in [0.4, 0.5) is 23.1 Å². The minimum absolute atomic E-state index is 0.106. The molecule has 3 aromatic carbocycles. The van der Waals surface area contributed by atoms with E-state index in [0.717, 1.165) is 22.3 Å². The van der Waals surface area contributed by atoms with Crippen molar-refractivity contribution < 1.29 is 18.3 Å². The molecule has 168 valence electrons. The quantitative estimate of drug-likeness (QED) is 0.337. The SMILES string of the molecule is CN(c1ccc2c(C(=O)O)cccc2c1)c1ccnc(Nc2cccc(CC[SH](=O)=O)c2)n1. The largest absolute Gasteiger partial charge is 0.478 e. The molecule has 0 bridgehead atoms. The number of nitrogens with one attached hydrogen (secondary N) is 1. The molecule has 0 unspecified atom stereocenters. The van der Waals surface area contributed by atoms with Crippen molar-refractivity contribution in [2.24, 2.45) is 0 Å². The first-order valence-electron chi connectivity index (χ1n) is 10.2. The summed E-state index contributed by atoms with van der Waals surface area (Å²) < 4.78 is 21.7. The molecular weight excluding hydrogens is 440 g/mol. The van der Waals surface area contributed by atoms with Gasteiger partial charge in [-0.25, -0.2) is 18.2 Å². The third kappa shape index (κ3) is 5.27. The molecule has 0 spiro atoms. The van der Waals surface area contributed by atoms with E-state index in [1.165, 1.54) is 0 Å². The van der Waals surface area contributed by atoms with Gasteiger partial charge in [0.2, 0.25) is 5.95 Å². The van der Waals surface area contributed by atoms with E-state index in [1.54, 1.807) is 30.5 Å². The zero-order chi connectivity index (χ0) is 23.4. The van der Waals surface area contributed by atoms with Crippen molar-refractivity contribution in [3.63, 3.8) is 0 Å². The highest BCUT2D eigenvalue weighted by Crippen LogP contribution is 2.28. The zero-order valence-electron chi connectivity index (χ0n) is 17.8. The minimum Gasteiger partial charge on any atom is -0.478 e. The van der Waals surface area contributed by atoms with Crippen LogP contribution in [0.15, 0.2) is 72.9 Å². The van der Waals surface area contributed by atoms with Gasteiger partial charge in [-0.1, -0.05) is 30.3 Å². The van der Waals surface area contributed by atoms with E-state index in [2.05, 4.69) is 15.3 Å². The van der Waals surface area contributed by atoms with Crippen LogP contribution in [0.5, 0.6) is 0 Å². The lowest BCUT2D eigenvalue weighted by atomic mass is 10.0. The number of fused-ring (bicyclic) bond motifs is 1. The monoisotopic (exact) mass is 462 g/mol. The van der Waals surface area contributed by atoms with E-state index < -0.39 is 16.7 Å². The number of carbonyl (C=O) groups is 1. The van der Waals surface area contributed by atoms with Gasteiger partial charge in [-0.2, -0.15) is 4.98 Å². The second kappa shape index (κ2) is 9.66. The van der Waals surface area contributed by atoms with Gasteiger partial charge in [0.25, 0.3) is 0 Å². The highest BCUT2D eigenvalue weighted by atomic mass is 32.2. The normalized spacial score (nSPS) is 11.0. The summed E-state index contributed by atoms with van der Waals surface area (Å²) in [7, 11) is -0.538. The number of aromatic carboxylic acids is 1. The maximum Gasteiger partial charge on any atom is 0.336 e. The van der Waals surface area contributed by atoms with E-state index in [4.69, 9.17) is 0 Å². The second-order valence-electron chi connectivity index (χ2n) is 7.45. The maximum absolute atomic E-state index is 11.5. The van der Waals surface area contributed by atoms with E-state index in [-0.39, 0.29) is 11.3 Å². The van der Waals surface area contributed by atoms with Crippen molar-refractivity contribution in [2.75, 3.05) is 23.0 Å². The van der Waals surface area contributed by atoms with Crippen LogP contribution in [0.3, 0.4) is 0 Å². The molecule has 0 atom stereocenters. The Morgan fingerprint density at radius 3 is 2.67 bits per heavy atom. The average molecular weight is 463 g/mol. The average Bonchev–Trinajstić information content (AvgIpc) is 2.82. The van der Waals surface area contributed by atoms with Gasteiger partial charge < -0.3 is 15.3 Å². The highest BCUT2D eigenvalue weighted by Gasteiger charge is 2.12. The third-order valence-electron chi connectivity index (χ3n) is 5.23. The first-order valence-corrected chi connectivity index (χ1v) is 11.6. The first kappa shape index (κ1) is 22.2. The Balaban J connectivity index is 1.56.